The van der Waals surface area contributed by atoms with Crippen LogP contribution in [0.15, 0.2) is 11.4 Å². The van der Waals surface area contributed by atoms with Crippen LogP contribution in [0.2, 0.25) is 0 Å². The van der Waals surface area contributed by atoms with Crippen molar-refractivity contribution in [3.05, 3.63) is 27.1 Å². The molecule has 0 atom stereocenters. The van der Waals surface area contributed by atoms with E-state index >= 15 is 0 Å². The highest BCUT2D eigenvalue weighted by Gasteiger charge is 2.22. The number of hydrogen-bond donors (Lipinski definition) is 1. The molecule has 1 aromatic heterocycles. The number of piperazine rings is 1. The summed E-state index contributed by atoms with van der Waals surface area (Å²) in [5.74, 6) is -0.500. The zero-order chi connectivity index (χ0) is 15.4. The van der Waals surface area contributed by atoms with Crippen molar-refractivity contribution in [2.75, 3.05) is 39.8 Å². The Labute approximate surface area is 125 Å². The molecule has 0 bridgehead atoms. The number of amides is 2. The van der Waals surface area contributed by atoms with E-state index in [0.717, 1.165) is 24.4 Å². The second kappa shape index (κ2) is 6.64. The molecule has 1 saturated heterocycles. The minimum absolute atomic E-state index is 0.0253. The third-order valence-corrected chi connectivity index (χ3v) is 4.08. The topological polar surface area (TPSA) is 95.8 Å². The van der Waals surface area contributed by atoms with Crippen LogP contribution in [0.25, 0.3) is 0 Å². The average molecular weight is 312 g/mol. The van der Waals surface area contributed by atoms with E-state index in [2.05, 4.69) is 5.32 Å². The summed E-state index contributed by atoms with van der Waals surface area (Å²) in [5.41, 5.74) is 0.238. The van der Waals surface area contributed by atoms with Crippen LogP contribution in [0.3, 0.4) is 0 Å². The summed E-state index contributed by atoms with van der Waals surface area (Å²) in [7, 11) is 1.52. The molecule has 1 fully saturated rings. The van der Waals surface area contributed by atoms with Gasteiger partial charge in [0.1, 0.15) is 0 Å². The van der Waals surface area contributed by atoms with Crippen molar-refractivity contribution in [3.8, 4) is 0 Å². The van der Waals surface area contributed by atoms with Gasteiger partial charge in [-0.15, -0.1) is 0 Å². The molecule has 0 spiro atoms. The van der Waals surface area contributed by atoms with Crippen LogP contribution in [0, 0.1) is 10.1 Å². The Morgan fingerprint density at radius 3 is 2.71 bits per heavy atom. The van der Waals surface area contributed by atoms with E-state index in [4.69, 9.17) is 0 Å². The molecule has 1 N–H and O–H groups in total. The van der Waals surface area contributed by atoms with E-state index in [1.54, 1.807) is 4.90 Å². The Hall–Kier alpha value is -2.00. The minimum atomic E-state index is -0.534. The Morgan fingerprint density at radius 1 is 1.48 bits per heavy atom. The van der Waals surface area contributed by atoms with E-state index in [9.17, 15) is 19.7 Å². The number of rotatable bonds is 4. The summed E-state index contributed by atoms with van der Waals surface area (Å²) in [6.07, 6.45) is 0. The fourth-order valence-corrected chi connectivity index (χ4v) is 2.74. The van der Waals surface area contributed by atoms with Crippen molar-refractivity contribution in [1.29, 1.82) is 0 Å². The molecular formula is C12H16N4O4S. The number of nitrogens with zero attached hydrogens (tertiary/aromatic N) is 3. The first-order valence-corrected chi connectivity index (χ1v) is 7.34. The van der Waals surface area contributed by atoms with Gasteiger partial charge < -0.3 is 15.1 Å². The highest BCUT2D eigenvalue weighted by Crippen LogP contribution is 2.23. The van der Waals surface area contributed by atoms with Gasteiger partial charge in [-0.2, -0.15) is 0 Å². The van der Waals surface area contributed by atoms with Crippen LogP contribution in [-0.4, -0.2) is 66.3 Å². The molecule has 8 nitrogen and oxygen atoms in total. The standard InChI is InChI=1S/C12H16N4O4S/c1-14(7-10(17)15-4-2-13-3-5-15)12(18)9-6-11(16(19)20)21-8-9/h6,8,13H,2-5,7H2,1H3. The van der Waals surface area contributed by atoms with E-state index in [-0.39, 0.29) is 28.9 Å². The maximum absolute atomic E-state index is 12.1. The van der Waals surface area contributed by atoms with Crippen molar-refractivity contribution in [1.82, 2.24) is 15.1 Å². The summed E-state index contributed by atoms with van der Waals surface area (Å²) in [6.45, 7) is 2.73. The number of nitrogens with one attached hydrogen (secondary N) is 1. The highest BCUT2D eigenvalue weighted by molar-refractivity contribution is 7.13. The number of likely N-dealkylation sites (N-methyl/N-ethyl adjacent to an activating group) is 1. The molecule has 1 aromatic rings. The number of thiophene rings is 1. The zero-order valence-electron chi connectivity index (χ0n) is 11.6. The second-order valence-electron chi connectivity index (χ2n) is 4.72. The Bertz CT molecular complexity index is 553. The van der Waals surface area contributed by atoms with Gasteiger partial charge >= 0.3 is 5.00 Å². The summed E-state index contributed by atoms with van der Waals surface area (Å²) >= 11 is 0.900. The van der Waals surface area contributed by atoms with Crippen molar-refractivity contribution >= 4 is 28.2 Å². The Balaban J connectivity index is 1.95. The number of carbonyl (C=O) groups excluding carboxylic acids is 2. The first-order chi connectivity index (χ1) is 9.99. The third kappa shape index (κ3) is 3.76. The van der Waals surface area contributed by atoms with Crippen LogP contribution in [-0.2, 0) is 4.79 Å². The van der Waals surface area contributed by atoms with Gasteiger partial charge in [0, 0.05) is 44.7 Å². The normalized spacial score (nSPS) is 14.8. The summed E-state index contributed by atoms with van der Waals surface area (Å²) in [5, 5.41) is 15.1. The lowest BCUT2D eigenvalue weighted by Crippen LogP contribution is -2.49. The maximum Gasteiger partial charge on any atom is 0.324 e. The second-order valence-corrected chi connectivity index (χ2v) is 5.61. The van der Waals surface area contributed by atoms with Crippen LogP contribution in [0.1, 0.15) is 10.4 Å². The van der Waals surface area contributed by atoms with Crippen molar-refractivity contribution in [2.45, 2.75) is 0 Å². The first-order valence-electron chi connectivity index (χ1n) is 6.46. The molecule has 2 rings (SSSR count). The van der Waals surface area contributed by atoms with Gasteiger partial charge in [0.25, 0.3) is 5.91 Å². The molecule has 2 heterocycles. The smallest absolute Gasteiger partial charge is 0.324 e. The van der Waals surface area contributed by atoms with Gasteiger partial charge in [-0.3, -0.25) is 19.7 Å². The van der Waals surface area contributed by atoms with Crippen molar-refractivity contribution < 1.29 is 14.5 Å². The maximum atomic E-state index is 12.1. The highest BCUT2D eigenvalue weighted by atomic mass is 32.1. The summed E-state index contributed by atoms with van der Waals surface area (Å²) < 4.78 is 0. The predicted molar refractivity (Wildman–Crippen MR) is 77.4 cm³/mol. The van der Waals surface area contributed by atoms with Crippen molar-refractivity contribution in [3.63, 3.8) is 0 Å². The zero-order valence-corrected chi connectivity index (χ0v) is 12.4. The number of nitro groups is 1. The third-order valence-electron chi connectivity index (χ3n) is 3.20. The minimum Gasteiger partial charge on any atom is -0.339 e. The van der Waals surface area contributed by atoms with E-state index in [1.807, 2.05) is 0 Å². The molecule has 1 aliphatic heterocycles. The molecule has 2 amide bonds. The predicted octanol–water partition coefficient (Wildman–Crippen LogP) is 0.160. The largest absolute Gasteiger partial charge is 0.339 e. The van der Waals surface area contributed by atoms with Crippen LogP contribution in [0.5, 0.6) is 0 Å². The fraction of sp³-hybridized carbons (Fsp3) is 0.500. The molecule has 0 aromatic carbocycles. The number of carbonyl (C=O) groups is 2. The van der Waals surface area contributed by atoms with Gasteiger partial charge in [-0.05, 0) is 0 Å². The lowest BCUT2D eigenvalue weighted by atomic mass is 10.3. The van der Waals surface area contributed by atoms with Gasteiger partial charge in [0.05, 0.1) is 17.0 Å². The molecule has 21 heavy (non-hydrogen) atoms. The molecule has 114 valence electrons. The molecular weight excluding hydrogens is 296 g/mol. The lowest BCUT2D eigenvalue weighted by Gasteiger charge is -2.29. The molecule has 0 unspecified atom stereocenters. The Kier molecular flexibility index (Phi) is 4.86. The average Bonchev–Trinajstić information content (AvgIpc) is 2.97. The van der Waals surface area contributed by atoms with E-state index in [1.165, 1.54) is 23.4 Å². The monoisotopic (exact) mass is 312 g/mol. The number of hydrogen-bond acceptors (Lipinski definition) is 6. The first kappa shape index (κ1) is 15.4. The lowest BCUT2D eigenvalue weighted by molar-refractivity contribution is -0.380. The van der Waals surface area contributed by atoms with Gasteiger partial charge in [0.2, 0.25) is 5.91 Å². The molecule has 0 aliphatic carbocycles. The van der Waals surface area contributed by atoms with E-state index in [0.29, 0.717) is 13.1 Å². The van der Waals surface area contributed by atoms with Gasteiger partial charge in [-0.25, -0.2) is 0 Å². The quantitative estimate of drug-likeness (QED) is 0.631. The Morgan fingerprint density at radius 2 is 2.14 bits per heavy atom. The van der Waals surface area contributed by atoms with Gasteiger partial charge in [0.15, 0.2) is 0 Å². The summed E-state index contributed by atoms with van der Waals surface area (Å²) in [6, 6.07) is 1.23. The van der Waals surface area contributed by atoms with Crippen LogP contribution < -0.4 is 5.32 Å². The summed E-state index contributed by atoms with van der Waals surface area (Å²) in [4.78, 5) is 37.3. The van der Waals surface area contributed by atoms with Crippen LogP contribution in [0.4, 0.5) is 5.00 Å². The van der Waals surface area contributed by atoms with Crippen molar-refractivity contribution in [2.24, 2.45) is 0 Å². The molecule has 0 radical (unpaired) electrons. The van der Waals surface area contributed by atoms with E-state index < -0.39 is 4.92 Å². The molecule has 9 heteroatoms. The van der Waals surface area contributed by atoms with Gasteiger partial charge in [-0.1, -0.05) is 11.3 Å². The fourth-order valence-electron chi connectivity index (χ4n) is 2.04. The SMILES string of the molecule is CN(CC(=O)N1CCNCC1)C(=O)c1csc([N+](=O)[O-])c1. The van der Waals surface area contributed by atoms with Crippen LogP contribution >= 0.6 is 11.3 Å². The molecule has 0 saturated carbocycles. The molecule has 1 aliphatic rings.